The summed E-state index contributed by atoms with van der Waals surface area (Å²) in [6, 6.07) is 7.16. The summed E-state index contributed by atoms with van der Waals surface area (Å²) in [5.74, 6) is 0.0675. The third kappa shape index (κ3) is 3.42. The average Bonchev–Trinajstić information content (AvgIpc) is 2.47. The van der Waals surface area contributed by atoms with Gasteiger partial charge in [0.25, 0.3) is 0 Å². The highest BCUT2D eigenvalue weighted by molar-refractivity contribution is 5.60. The molecule has 0 bridgehead atoms. The van der Waals surface area contributed by atoms with Crippen LogP contribution in [0.25, 0.3) is 0 Å². The number of anilines is 1. The van der Waals surface area contributed by atoms with Gasteiger partial charge in [0, 0.05) is 29.9 Å². The van der Waals surface area contributed by atoms with Gasteiger partial charge in [-0.15, -0.1) is 0 Å². The molecule has 112 valence electrons. The van der Waals surface area contributed by atoms with Crippen LogP contribution in [0, 0.1) is 18.6 Å². The Kier molecular flexibility index (Phi) is 4.62. The summed E-state index contributed by atoms with van der Waals surface area (Å²) in [4.78, 5) is 0. The summed E-state index contributed by atoms with van der Waals surface area (Å²) in [5, 5.41) is 3.12. The Labute approximate surface area is 122 Å². The third-order valence-electron chi connectivity index (χ3n) is 3.21. The predicted octanol–water partition coefficient (Wildman–Crippen LogP) is 3.90. The molecule has 0 spiro atoms. The Hall–Kier alpha value is -2.30. The number of aryl methyl sites for hydroxylation is 1. The van der Waals surface area contributed by atoms with E-state index >= 15 is 0 Å². The molecule has 0 radical (unpaired) electrons. The van der Waals surface area contributed by atoms with E-state index in [2.05, 4.69) is 5.32 Å². The molecule has 3 nitrogen and oxygen atoms in total. The van der Waals surface area contributed by atoms with Crippen molar-refractivity contribution in [1.29, 1.82) is 0 Å². The molecule has 0 unspecified atom stereocenters. The largest absolute Gasteiger partial charge is 0.493 e. The van der Waals surface area contributed by atoms with Crippen molar-refractivity contribution in [2.45, 2.75) is 13.5 Å². The van der Waals surface area contributed by atoms with E-state index in [9.17, 15) is 8.78 Å². The van der Waals surface area contributed by atoms with Gasteiger partial charge >= 0.3 is 0 Å². The smallest absolute Gasteiger partial charge is 0.162 e. The Bertz CT molecular complexity index is 644. The lowest BCUT2D eigenvalue weighted by atomic mass is 10.1. The van der Waals surface area contributed by atoms with Gasteiger partial charge in [0.05, 0.1) is 14.2 Å². The summed E-state index contributed by atoms with van der Waals surface area (Å²) in [7, 11) is 3.12. The first-order valence-corrected chi connectivity index (χ1v) is 6.45. The van der Waals surface area contributed by atoms with Gasteiger partial charge in [-0.25, -0.2) is 8.78 Å². The molecular weight excluding hydrogens is 276 g/mol. The van der Waals surface area contributed by atoms with Crippen LogP contribution in [0.15, 0.2) is 30.3 Å². The van der Waals surface area contributed by atoms with Crippen molar-refractivity contribution in [3.8, 4) is 11.5 Å². The third-order valence-corrected chi connectivity index (χ3v) is 3.21. The number of hydrogen-bond acceptors (Lipinski definition) is 3. The lowest BCUT2D eigenvalue weighted by Crippen LogP contribution is -2.04. The van der Waals surface area contributed by atoms with Gasteiger partial charge in [-0.1, -0.05) is 6.07 Å². The lowest BCUT2D eigenvalue weighted by molar-refractivity contribution is 0.355. The first-order chi connectivity index (χ1) is 10.0. The van der Waals surface area contributed by atoms with E-state index in [-0.39, 0.29) is 6.54 Å². The molecule has 0 amide bonds. The second-order valence-electron chi connectivity index (χ2n) is 4.61. The molecule has 2 aromatic carbocycles. The van der Waals surface area contributed by atoms with Crippen LogP contribution in [-0.2, 0) is 6.54 Å². The molecule has 21 heavy (non-hydrogen) atoms. The number of benzene rings is 2. The van der Waals surface area contributed by atoms with Crippen LogP contribution in [0.3, 0.4) is 0 Å². The van der Waals surface area contributed by atoms with Crippen LogP contribution in [0.5, 0.6) is 11.5 Å². The molecule has 5 heteroatoms. The van der Waals surface area contributed by atoms with Gasteiger partial charge in [0.2, 0.25) is 0 Å². The molecule has 2 rings (SSSR count). The quantitative estimate of drug-likeness (QED) is 0.907. The SMILES string of the molecule is COc1cc(C)c(NCc2ccc(F)cc2F)cc1OC. The topological polar surface area (TPSA) is 30.5 Å². The van der Waals surface area contributed by atoms with Gasteiger partial charge in [-0.3, -0.25) is 0 Å². The summed E-state index contributed by atoms with van der Waals surface area (Å²) >= 11 is 0. The van der Waals surface area contributed by atoms with E-state index in [1.807, 2.05) is 13.0 Å². The maximum atomic E-state index is 13.6. The fourth-order valence-corrected chi connectivity index (χ4v) is 2.03. The van der Waals surface area contributed by atoms with Crippen molar-refractivity contribution in [1.82, 2.24) is 0 Å². The first kappa shape index (κ1) is 15.1. The van der Waals surface area contributed by atoms with Gasteiger partial charge in [0.1, 0.15) is 11.6 Å². The van der Waals surface area contributed by atoms with E-state index in [1.165, 1.54) is 12.1 Å². The van der Waals surface area contributed by atoms with E-state index in [1.54, 1.807) is 20.3 Å². The molecule has 0 saturated heterocycles. The van der Waals surface area contributed by atoms with E-state index in [4.69, 9.17) is 9.47 Å². The van der Waals surface area contributed by atoms with Crippen molar-refractivity contribution in [2.24, 2.45) is 0 Å². The fourth-order valence-electron chi connectivity index (χ4n) is 2.03. The molecule has 0 aliphatic carbocycles. The molecule has 1 N–H and O–H groups in total. The lowest BCUT2D eigenvalue weighted by Gasteiger charge is -2.14. The van der Waals surface area contributed by atoms with Crippen molar-refractivity contribution < 1.29 is 18.3 Å². The Morgan fingerprint density at radius 3 is 2.29 bits per heavy atom. The van der Waals surface area contributed by atoms with Gasteiger partial charge in [-0.2, -0.15) is 0 Å². The molecular formula is C16H17F2NO2. The predicted molar refractivity (Wildman–Crippen MR) is 78.0 cm³/mol. The Morgan fingerprint density at radius 2 is 1.67 bits per heavy atom. The molecule has 0 atom stereocenters. The summed E-state index contributed by atoms with van der Waals surface area (Å²) < 4.78 is 36.9. The van der Waals surface area contributed by atoms with Crippen molar-refractivity contribution in [3.05, 3.63) is 53.1 Å². The van der Waals surface area contributed by atoms with Crippen molar-refractivity contribution in [3.63, 3.8) is 0 Å². The highest BCUT2D eigenvalue weighted by Gasteiger charge is 2.09. The molecule has 0 aliphatic heterocycles. The number of halogens is 2. The average molecular weight is 293 g/mol. The molecule has 0 aromatic heterocycles. The van der Waals surface area contributed by atoms with Gasteiger partial charge in [-0.05, 0) is 24.6 Å². The number of methoxy groups -OCH3 is 2. The molecule has 0 saturated carbocycles. The van der Waals surface area contributed by atoms with E-state index in [0.29, 0.717) is 17.1 Å². The first-order valence-electron chi connectivity index (χ1n) is 6.45. The fraction of sp³-hybridized carbons (Fsp3) is 0.250. The summed E-state index contributed by atoms with van der Waals surface area (Å²) in [6.07, 6.45) is 0. The minimum absolute atomic E-state index is 0.252. The zero-order valence-corrected chi connectivity index (χ0v) is 12.2. The van der Waals surface area contributed by atoms with Crippen LogP contribution in [-0.4, -0.2) is 14.2 Å². The van der Waals surface area contributed by atoms with Crippen LogP contribution in [0.2, 0.25) is 0 Å². The second-order valence-corrected chi connectivity index (χ2v) is 4.61. The van der Waals surface area contributed by atoms with Gasteiger partial charge in [0.15, 0.2) is 11.5 Å². The maximum Gasteiger partial charge on any atom is 0.162 e. The maximum absolute atomic E-state index is 13.6. The highest BCUT2D eigenvalue weighted by Crippen LogP contribution is 2.33. The highest BCUT2D eigenvalue weighted by atomic mass is 19.1. The zero-order chi connectivity index (χ0) is 15.4. The van der Waals surface area contributed by atoms with Crippen LogP contribution < -0.4 is 14.8 Å². The molecule has 0 fully saturated rings. The summed E-state index contributed by atoms with van der Waals surface area (Å²) in [5.41, 5.74) is 2.14. The van der Waals surface area contributed by atoms with Crippen molar-refractivity contribution in [2.75, 3.05) is 19.5 Å². The van der Waals surface area contributed by atoms with Crippen LogP contribution in [0.1, 0.15) is 11.1 Å². The van der Waals surface area contributed by atoms with Crippen molar-refractivity contribution >= 4 is 5.69 Å². The molecule has 2 aromatic rings. The molecule has 0 aliphatic rings. The monoisotopic (exact) mass is 293 g/mol. The minimum Gasteiger partial charge on any atom is -0.493 e. The second kappa shape index (κ2) is 6.43. The Balaban J connectivity index is 2.19. The van der Waals surface area contributed by atoms with Crippen LogP contribution in [0.4, 0.5) is 14.5 Å². The van der Waals surface area contributed by atoms with E-state index in [0.717, 1.165) is 17.3 Å². The van der Waals surface area contributed by atoms with E-state index < -0.39 is 11.6 Å². The number of hydrogen-bond donors (Lipinski definition) is 1. The van der Waals surface area contributed by atoms with Crippen LogP contribution >= 0.6 is 0 Å². The molecule has 0 heterocycles. The number of nitrogens with one attached hydrogen (secondary N) is 1. The number of ether oxygens (including phenoxy) is 2. The van der Waals surface area contributed by atoms with Gasteiger partial charge < -0.3 is 14.8 Å². The zero-order valence-electron chi connectivity index (χ0n) is 12.2. The Morgan fingerprint density at radius 1 is 1.00 bits per heavy atom. The summed E-state index contributed by atoms with van der Waals surface area (Å²) in [6.45, 7) is 2.16. The normalized spacial score (nSPS) is 10.3. The number of rotatable bonds is 5. The standard InChI is InChI=1S/C16H17F2NO2/c1-10-6-15(20-2)16(21-3)8-14(10)19-9-11-4-5-12(17)7-13(11)18/h4-8,19H,9H2,1-3H3. The minimum atomic E-state index is -0.585.